The van der Waals surface area contributed by atoms with Crippen molar-refractivity contribution >= 4 is 17.7 Å². The van der Waals surface area contributed by atoms with E-state index in [0.29, 0.717) is 42.6 Å². The second-order valence-corrected chi connectivity index (χ2v) is 6.51. The Morgan fingerprint density at radius 2 is 2.05 bits per heavy atom. The Bertz CT molecular complexity index is 428. The number of aliphatic carboxylic acids is 1. The second kappa shape index (κ2) is 7.67. The average Bonchev–Trinajstić information content (AvgIpc) is 2.82. The normalized spacial score (nSPS) is 12.1. The number of carbonyl (C=O) groups is 1. The summed E-state index contributed by atoms with van der Waals surface area (Å²) in [5, 5.41) is 13.3. The van der Waals surface area contributed by atoms with Gasteiger partial charge in [0.1, 0.15) is 0 Å². The zero-order chi connectivity index (χ0) is 15.2. The monoisotopic (exact) mass is 300 g/mol. The molecule has 0 spiro atoms. The van der Waals surface area contributed by atoms with E-state index in [2.05, 4.69) is 24.0 Å². The lowest BCUT2D eigenvalue weighted by atomic mass is 9.79. The summed E-state index contributed by atoms with van der Waals surface area (Å²) in [6.07, 6.45) is 1.41. The van der Waals surface area contributed by atoms with Gasteiger partial charge in [-0.05, 0) is 24.5 Å². The quantitative estimate of drug-likeness (QED) is 0.753. The fourth-order valence-corrected chi connectivity index (χ4v) is 2.86. The molecule has 0 atom stereocenters. The fraction of sp³-hybridized carbons (Fsp3) is 0.786. The zero-order valence-corrected chi connectivity index (χ0v) is 13.5. The molecule has 114 valence electrons. The van der Waals surface area contributed by atoms with Gasteiger partial charge in [-0.3, -0.25) is 4.79 Å². The van der Waals surface area contributed by atoms with Gasteiger partial charge in [0.2, 0.25) is 5.89 Å². The van der Waals surface area contributed by atoms with Crippen LogP contribution in [-0.4, -0.2) is 27.0 Å². The molecule has 0 aliphatic heterocycles. The van der Waals surface area contributed by atoms with Gasteiger partial charge in [0, 0.05) is 6.42 Å². The van der Waals surface area contributed by atoms with Crippen LogP contribution in [0.4, 0.5) is 0 Å². The fourth-order valence-electron chi connectivity index (χ4n) is 1.97. The number of carboxylic acid groups (broad SMARTS) is 1. The van der Waals surface area contributed by atoms with Crippen molar-refractivity contribution < 1.29 is 14.4 Å². The minimum absolute atomic E-state index is 0.303. The van der Waals surface area contributed by atoms with Crippen molar-refractivity contribution in [1.29, 1.82) is 0 Å². The Morgan fingerprint density at radius 3 is 2.55 bits per heavy atom. The van der Waals surface area contributed by atoms with E-state index in [4.69, 9.17) is 4.52 Å². The van der Waals surface area contributed by atoms with Crippen molar-refractivity contribution in [3.8, 4) is 0 Å². The maximum Gasteiger partial charge on any atom is 0.310 e. The van der Waals surface area contributed by atoms with Crippen LogP contribution in [0.1, 0.15) is 52.3 Å². The highest BCUT2D eigenvalue weighted by molar-refractivity contribution is 7.98. The SMILES string of the molecule is CCC(CC)(Cc1nc(CSCC(C)C)no1)C(=O)O. The van der Waals surface area contributed by atoms with Gasteiger partial charge in [-0.25, -0.2) is 0 Å². The third-order valence-corrected chi connectivity index (χ3v) is 4.85. The number of rotatable bonds is 9. The van der Waals surface area contributed by atoms with E-state index in [1.165, 1.54) is 0 Å². The maximum absolute atomic E-state index is 11.4. The van der Waals surface area contributed by atoms with Gasteiger partial charge in [0.15, 0.2) is 5.82 Å². The number of hydrogen-bond acceptors (Lipinski definition) is 5. The highest BCUT2D eigenvalue weighted by atomic mass is 32.2. The molecule has 1 aromatic heterocycles. The van der Waals surface area contributed by atoms with Crippen LogP contribution in [0.5, 0.6) is 0 Å². The van der Waals surface area contributed by atoms with Crippen LogP contribution < -0.4 is 0 Å². The molecule has 0 fully saturated rings. The molecule has 0 aliphatic carbocycles. The Morgan fingerprint density at radius 1 is 1.40 bits per heavy atom. The molecular formula is C14H24N2O3S. The Balaban J connectivity index is 2.64. The molecule has 0 saturated carbocycles. The van der Waals surface area contributed by atoms with Crippen LogP contribution in [0, 0.1) is 11.3 Å². The van der Waals surface area contributed by atoms with Crippen LogP contribution in [-0.2, 0) is 17.0 Å². The summed E-state index contributed by atoms with van der Waals surface area (Å²) in [4.78, 5) is 15.8. The topological polar surface area (TPSA) is 76.2 Å². The summed E-state index contributed by atoms with van der Waals surface area (Å²) < 4.78 is 5.19. The zero-order valence-electron chi connectivity index (χ0n) is 12.7. The van der Waals surface area contributed by atoms with Crippen LogP contribution in [0.25, 0.3) is 0 Å². The van der Waals surface area contributed by atoms with Crippen molar-refractivity contribution in [2.45, 2.75) is 52.7 Å². The van der Waals surface area contributed by atoms with Crippen molar-refractivity contribution in [1.82, 2.24) is 10.1 Å². The first kappa shape index (κ1) is 17.0. The molecule has 1 N–H and O–H groups in total. The molecule has 20 heavy (non-hydrogen) atoms. The standard InChI is InChI=1S/C14H24N2O3S/c1-5-14(6-2,13(17)18)7-12-15-11(16-19-12)9-20-8-10(3)4/h10H,5-9H2,1-4H3,(H,17,18). The summed E-state index contributed by atoms with van der Waals surface area (Å²) >= 11 is 1.76. The summed E-state index contributed by atoms with van der Waals surface area (Å²) in [6, 6.07) is 0. The van der Waals surface area contributed by atoms with Crippen LogP contribution in [0.15, 0.2) is 4.52 Å². The van der Waals surface area contributed by atoms with Crippen LogP contribution in [0.2, 0.25) is 0 Å². The molecule has 1 rings (SSSR count). The van der Waals surface area contributed by atoms with Gasteiger partial charge < -0.3 is 9.63 Å². The van der Waals surface area contributed by atoms with Crippen LogP contribution in [0.3, 0.4) is 0 Å². The van der Waals surface area contributed by atoms with E-state index in [1.54, 1.807) is 11.8 Å². The summed E-state index contributed by atoms with van der Waals surface area (Å²) in [5.74, 6) is 2.67. The second-order valence-electron chi connectivity index (χ2n) is 5.48. The van der Waals surface area contributed by atoms with Crippen molar-refractivity contribution in [2.24, 2.45) is 11.3 Å². The molecule has 0 radical (unpaired) electrons. The van der Waals surface area contributed by atoms with Gasteiger partial charge in [0.05, 0.1) is 11.2 Å². The number of carboxylic acids is 1. The third kappa shape index (κ3) is 4.51. The highest BCUT2D eigenvalue weighted by Gasteiger charge is 2.37. The Labute approximate surface area is 124 Å². The number of nitrogens with zero attached hydrogens (tertiary/aromatic N) is 2. The van der Waals surface area contributed by atoms with Crippen molar-refractivity contribution in [3.63, 3.8) is 0 Å². The molecule has 0 saturated heterocycles. The predicted molar refractivity (Wildman–Crippen MR) is 79.7 cm³/mol. The lowest BCUT2D eigenvalue weighted by Gasteiger charge is -2.24. The van der Waals surface area contributed by atoms with Crippen molar-refractivity contribution in [2.75, 3.05) is 5.75 Å². The first-order valence-electron chi connectivity index (χ1n) is 7.06. The van der Waals surface area contributed by atoms with Gasteiger partial charge in [0.25, 0.3) is 0 Å². The van der Waals surface area contributed by atoms with E-state index >= 15 is 0 Å². The molecule has 0 aliphatic rings. The molecule has 0 bridgehead atoms. The largest absolute Gasteiger partial charge is 0.481 e. The first-order valence-corrected chi connectivity index (χ1v) is 8.21. The van der Waals surface area contributed by atoms with Gasteiger partial charge >= 0.3 is 5.97 Å². The minimum Gasteiger partial charge on any atom is -0.481 e. The van der Waals surface area contributed by atoms with Gasteiger partial charge in [-0.15, -0.1) is 0 Å². The molecule has 6 heteroatoms. The predicted octanol–water partition coefficient (Wildman–Crippen LogP) is 3.39. The summed E-state index contributed by atoms with van der Waals surface area (Å²) in [7, 11) is 0. The smallest absolute Gasteiger partial charge is 0.310 e. The number of aromatic nitrogens is 2. The molecule has 0 amide bonds. The summed E-state index contributed by atoms with van der Waals surface area (Å²) in [5.41, 5.74) is -0.797. The molecule has 1 aromatic rings. The average molecular weight is 300 g/mol. The third-order valence-electron chi connectivity index (χ3n) is 3.49. The highest BCUT2D eigenvalue weighted by Crippen LogP contribution is 2.31. The van der Waals surface area contributed by atoms with Crippen molar-refractivity contribution in [3.05, 3.63) is 11.7 Å². The van der Waals surface area contributed by atoms with Gasteiger partial charge in [-0.1, -0.05) is 32.9 Å². The van der Waals surface area contributed by atoms with E-state index in [0.717, 1.165) is 5.75 Å². The van der Waals surface area contributed by atoms with Gasteiger partial charge in [-0.2, -0.15) is 16.7 Å². The van der Waals surface area contributed by atoms with E-state index in [-0.39, 0.29) is 0 Å². The molecule has 0 unspecified atom stereocenters. The lowest BCUT2D eigenvalue weighted by Crippen LogP contribution is -2.32. The molecule has 5 nitrogen and oxygen atoms in total. The molecule has 0 aromatic carbocycles. The Hall–Kier alpha value is -1.04. The lowest BCUT2D eigenvalue weighted by molar-refractivity contribution is -0.149. The first-order chi connectivity index (χ1) is 9.43. The number of thioether (sulfide) groups is 1. The van der Waals surface area contributed by atoms with E-state index in [1.807, 2.05) is 13.8 Å². The van der Waals surface area contributed by atoms with E-state index < -0.39 is 11.4 Å². The maximum atomic E-state index is 11.4. The summed E-state index contributed by atoms with van der Waals surface area (Å²) in [6.45, 7) is 8.09. The molecular weight excluding hydrogens is 276 g/mol. The Kier molecular flexibility index (Phi) is 6.52. The minimum atomic E-state index is -0.797. The number of hydrogen-bond donors (Lipinski definition) is 1. The molecule has 1 heterocycles. The van der Waals surface area contributed by atoms with E-state index in [9.17, 15) is 9.90 Å². The van der Waals surface area contributed by atoms with Crippen LogP contribution >= 0.6 is 11.8 Å².